The number of nitrogens with zero attached hydrogens (tertiary/aromatic N) is 2. The van der Waals surface area contributed by atoms with Gasteiger partial charge in [0.15, 0.2) is 0 Å². The molecule has 1 aromatic rings. The number of hydrogen-bond acceptors (Lipinski definition) is 4. The number of benzene rings is 1. The maximum absolute atomic E-state index is 14.1. The number of nitrogens with one attached hydrogen (secondary N) is 1. The van der Waals surface area contributed by atoms with E-state index in [1.165, 1.54) is 12.1 Å². The van der Waals surface area contributed by atoms with Crippen LogP contribution in [-0.2, 0) is 11.4 Å². The molecule has 0 aromatic heterocycles. The Kier molecular flexibility index (Phi) is 8.18. The van der Waals surface area contributed by atoms with Crippen molar-refractivity contribution in [3.05, 3.63) is 34.6 Å². The van der Waals surface area contributed by atoms with Crippen LogP contribution in [0.15, 0.2) is 18.2 Å². The van der Waals surface area contributed by atoms with E-state index in [4.69, 9.17) is 11.6 Å². The summed E-state index contributed by atoms with van der Waals surface area (Å²) in [6.07, 6.45) is 0.808. The molecule has 1 unspecified atom stereocenters. The fourth-order valence-corrected chi connectivity index (χ4v) is 5.71. The normalized spacial score (nSPS) is 22.8. The Bertz CT molecular complexity index is 768. The van der Waals surface area contributed by atoms with Crippen molar-refractivity contribution in [2.45, 2.75) is 50.5 Å². The molecule has 1 saturated carbocycles. The minimum atomic E-state index is -2.71. The van der Waals surface area contributed by atoms with Crippen LogP contribution >= 0.6 is 11.6 Å². The lowest BCUT2D eigenvalue weighted by Crippen LogP contribution is -2.63. The lowest BCUT2D eigenvalue weighted by atomic mass is 9.78. The Morgan fingerprint density at radius 1 is 1.19 bits per heavy atom. The van der Waals surface area contributed by atoms with Crippen molar-refractivity contribution in [1.29, 1.82) is 0 Å². The second-order valence-electron chi connectivity index (χ2n) is 8.33. The van der Waals surface area contributed by atoms with Gasteiger partial charge < -0.3 is 9.87 Å². The van der Waals surface area contributed by atoms with E-state index in [0.29, 0.717) is 31.9 Å². The zero-order chi connectivity index (χ0) is 22.6. The molecule has 0 radical (unpaired) electrons. The molecule has 0 spiro atoms. The van der Waals surface area contributed by atoms with E-state index >= 15 is 0 Å². The van der Waals surface area contributed by atoms with Gasteiger partial charge in [-0.1, -0.05) is 18.5 Å². The van der Waals surface area contributed by atoms with Gasteiger partial charge in [0.25, 0.3) is 5.91 Å². The van der Waals surface area contributed by atoms with Crippen LogP contribution in [-0.4, -0.2) is 69.6 Å². The molecule has 0 bridgehead atoms. The zero-order valence-electron chi connectivity index (χ0n) is 17.6. The number of alkyl halides is 2. The van der Waals surface area contributed by atoms with E-state index in [1.54, 1.807) is 0 Å². The van der Waals surface area contributed by atoms with E-state index in [1.807, 2.05) is 11.2 Å². The summed E-state index contributed by atoms with van der Waals surface area (Å²) < 4.78 is 56.1. The molecule has 1 aromatic carbocycles. The molecule has 31 heavy (non-hydrogen) atoms. The predicted molar refractivity (Wildman–Crippen MR) is 116 cm³/mol. The molecule has 2 fully saturated rings. The summed E-state index contributed by atoms with van der Waals surface area (Å²) in [7, 11) is 0. The molecule has 10 heteroatoms. The molecule has 174 valence electrons. The number of rotatable bonds is 7. The number of carbonyl (C=O) groups excluding carboxylic acids is 1. The average molecular weight is 480 g/mol. The summed E-state index contributed by atoms with van der Waals surface area (Å²) >= 11 is 4.72. The lowest BCUT2D eigenvalue weighted by molar-refractivity contribution is -0.0856. The summed E-state index contributed by atoms with van der Waals surface area (Å²) in [4.78, 5) is 14.7. The van der Waals surface area contributed by atoms with Crippen molar-refractivity contribution in [3.8, 4) is 0 Å². The van der Waals surface area contributed by atoms with Gasteiger partial charge in [0.1, 0.15) is 11.6 Å². The highest BCUT2D eigenvalue weighted by Crippen LogP contribution is 2.41. The predicted octanol–water partition coefficient (Wildman–Crippen LogP) is 3.85. The molecule has 5 nitrogen and oxygen atoms in total. The van der Waals surface area contributed by atoms with Crippen molar-refractivity contribution in [3.63, 3.8) is 0 Å². The molecule has 1 aliphatic carbocycles. The van der Waals surface area contributed by atoms with Gasteiger partial charge in [-0.05, 0) is 37.5 Å². The Morgan fingerprint density at radius 3 is 2.42 bits per heavy atom. The number of carbonyl (C=O) groups is 1. The Morgan fingerprint density at radius 2 is 1.84 bits per heavy atom. The molecule has 1 aliphatic heterocycles. The topological polar surface area (TPSA) is 58.6 Å². The molecule has 1 heterocycles. The molecular weight excluding hydrogens is 451 g/mol. The standard InChI is InChI=1S/C21H29ClF3N3O2S/c1-2-13-31(30)28-11-9-27(10-12-28)20(5-7-21(24,25)8-6-20)15-26-19(29)17-4-3-16(22)14-18(17)23/h3-4,14H,2,5-13,15H2,1H3,(H,26,29). The third-order valence-electron chi connectivity index (χ3n) is 6.24. The highest BCUT2D eigenvalue weighted by Gasteiger charge is 2.47. The Hall–Kier alpha value is -1.00. The van der Waals surface area contributed by atoms with Gasteiger partial charge in [0.2, 0.25) is 5.92 Å². The van der Waals surface area contributed by atoms with E-state index < -0.39 is 34.5 Å². The SMILES string of the molecule is CCC[S+]([O-])N1CCN(C2(CNC(=O)c3ccc(Cl)cc3F)CCC(F)(F)CC2)CC1. The minimum Gasteiger partial charge on any atom is -0.598 e. The number of amides is 1. The van der Waals surface area contributed by atoms with Crippen LogP contribution in [0.25, 0.3) is 0 Å². The van der Waals surface area contributed by atoms with Gasteiger partial charge in [-0.3, -0.25) is 9.69 Å². The largest absolute Gasteiger partial charge is 0.598 e. The Labute approximate surface area is 189 Å². The third-order valence-corrected chi connectivity index (χ3v) is 8.18. The van der Waals surface area contributed by atoms with Crippen molar-refractivity contribution in [1.82, 2.24) is 14.5 Å². The fourth-order valence-electron chi connectivity index (χ4n) is 4.37. The lowest BCUT2D eigenvalue weighted by Gasteiger charge is -2.50. The fraction of sp³-hybridized carbons (Fsp3) is 0.667. The van der Waals surface area contributed by atoms with Crippen LogP contribution in [0, 0.1) is 5.82 Å². The van der Waals surface area contributed by atoms with E-state index in [0.717, 1.165) is 12.5 Å². The number of hydrogen-bond donors (Lipinski definition) is 1. The quantitative estimate of drug-likeness (QED) is 0.603. The monoisotopic (exact) mass is 479 g/mol. The summed E-state index contributed by atoms with van der Waals surface area (Å²) in [6.45, 7) is 4.49. The zero-order valence-corrected chi connectivity index (χ0v) is 19.2. The van der Waals surface area contributed by atoms with Crippen molar-refractivity contribution < 1.29 is 22.5 Å². The molecule has 3 rings (SSSR count). The second kappa shape index (κ2) is 10.3. The van der Waals surface area contributed by atoms with Gasteiger partial charge in [-0.25, -0.2) is 13.2 Å². The summed E-state index contributed by atoms with van der Waals surface area (Å²) in [5.41, 5.74) is -0.751. The Balaban J connectivity index is 1.69. The third kappa shape index (κ3) is 6.07. The second-order valence-corrected chi connectivity index (χ2v) is 10.3. The van der Waals surface area contributed by atoms with Gasteiger partial charge in [0, 0.05) is 54.4 Å². The molecular formula is C21H29ClF3N3O2S. The molecule has 1 saturated heterocycles. The number of halogens is 4. The summed E-state index contributed by atoms with van der Waals surface area (Å²) in [5.74, 6) is -3.41. The molecule has 1 N–H and O–H groups in total. The first-order valence-electron chi connectivity index (χ1n) is 10.7. The average Bonchev–Trinajstić information content (AvgIpc) is 2.73. The van der Waals surface area contributed by atoms with Gasteiger partial charge in [-0.2, -0.15) is 0 Å². The van der Waals surface area contributed by atoms with Crippen molar-refractivity contribution in [2.24, 2.45) is 0 Å². The van der Waals surface area contributed by atoms with E-state index in [2.05, 4.69) is 10.2 Å². The van der Waals surface area contributed by atoms with Crippen molar-refractivity contribution >= 4 is 28.9 Å². The summed E-state index contributed by atoms with van der Waals surface area (Å²) in [6, 6.07) is 3.83. The first-order valence-corrected chi connectivity index (χ1v) is 12.3. The first kappa shape index (κ1) is 24.6. The maximum Gasteiger partial charge on any atom is 0.254 e. The highest BCUT2D eigenvalue weighted by molar-refractivity contribution is 7.89. The molecule has 1 amide bonds. The van der Waals surface area contributed by atoms with Crippen LogP contribution in [0.3, 0.4) is 0 Å². The maximum atomic E-state index is 14.1. The highest BCUT2D eigenvalue weighted by atomic mass is 35.5. The summed E-state index contributed by atoms with van der Waals surface area (Å²) in [5, 5.41) is 2.96. The van der Waals surface area contributed by atoms with Gasteiger partial charge in [0.05, 0.1) is 18.7 Å². The van der Waals surface area contributed by atoms with Crippen LogP contribution in [0.1, 0.15) is 49.4 Å². The van der Waals surface area contributed by atoms with Crippen LogP contribution in [0.5, 0.6) is 0 Å². The van der Waals surface area contributed by atoms with Crippen LogP contribution in [0.2, 0.25) is 5.02 Å². The van der Waals surface area contributed by atoms with Crippen molar-refractivity contribution in [2.75, 3.05) is 38.5 Å². The number of piperazine rings is 1. The first-order chi connectivity index (χ1) is 14.7. The van der Waals surface area contributed by atoms with Crippen LogP contribution in [0.4, 0.5) is 13.2 Å². The van der Waals surface area contributed by atoms with E-state index in [-0.39, 0.29) is 42.8 Å². The van der Waals surface area contributed by atoms with Crippen LogP contribution < -0.4 is 5.32 Å². The molecule has 1 atom stereocenters. The molecule has 2 aliphatic rings. The smallest absolute Gasteiger partial charge is 0.254 e. The van der Waals surface area contributed by atoms with E-state index in [9.17, 15) is 22.5 Å². The van der Waals surface area contributed by atoms with Gasteiger partial charge >= 0.3 is 0 Å². The minimum absolute atomic E-state index is 0.125. The van der Waals surface area contributed by atoms with Gasteiger partial charge in [-0.15, -0.1) is 4.31 Å².